The van der Waals surface area contributed by atoms with Crippen molar-refractivity contribution in [3.8, 4) is 0 Å². The van der Waals surface area contributed by atoms with E-state index in [0.29, 0.717) is 6.54 Å². The highest BCUT2D eigenvalue weighted by Crippen LogP contribution is 2.17. The number of amides is 1. The van der Waals surface area contributed by atoms with Gasteiger partial charge in [-0.2, -0.15) is 5.10 Å². The van der Waals surface area contributed by atoms with Crippen LogP contribution < -0.4 is 10.6 Å². The number of hydrogen-bond donors (Lipinski definition) is 2. The van der Waals surface area contributed by atoms with E-state index < -0.39 is 0 Å². The van der Waals surface area contributed by atoms with E-state index >= 15 is 0 Å². The van der Waals surface area contributed by atoms with Gasteiger partial charge in [0.05, 0.1) is 17.9 Å². The van der Waals surface area contributed by atoms with Gasteiger partial charge >= 0.3 is 0 Å². The number of aryl methyl sites for hydroxylation is 1. The van der Waals surface area contributed by atoms with Crippen molar-refractivity contribution >= 4 is 11.7 Å². The molecule has 0 radical (unpaired) electrons. The van der Waals surface area contributed by atoms with Crippen LogP contribution in [0.3, 0.4) is 0 Å². The topological polar surface area (TPSA) is 71.8 Å². The van der Waals surface area contributed by atoms with Crippen LogP contribution in [0.1, 0.15) is 24.2 Å². The molecule has 1 fully saturated rings. The van der Waals surface area contributed by atoms with E-state index in [9.17, 15) is 4.79 Å². The van der Waals surface area contributed by atoms with Crippen LogP contribution >= 0.6 is 0 Å². The van der Waals surface area contributed by atoms with Gasteiger partial charge in [-0.1, -0.05) is 6.07 Å². The molecule has 2 aromatic heterocycles. The zero-order chi connectivity index (χ0) is 15.4. The van der Waals surface area contributed by atoms with Crippen LogP contribution in [0.15, 0.2) is 30.5 Å². The minimum atomic E-state index is 0.0831. The molecule has 3 rings (SSSR count). The molecule has 116 valence electrons. The first-order valence-corrected chi connectivity index (χ1v) is 7.68. The SMILES string of the molecule is Cc1cc(NC(=O)C2CCNCC2)n(Cc2ccccn2)n1. The van der Waals surface area contributed by atoms with Gasteiger partial charge in [0, 0.05) is 18.2 Å². The fourth-order valence-corrected chi connectivity index (χ4v) is 2.72. The molecule has 0 saturated carbocycles. The van der Waals surface area contributed by atoms with E-state index in [4.69, 9.17) is 0 Å². The van der Waals surface area contributed by atoms with Crippen LogP contribution in [0.25, 0.3) is 0 Å². The van der Waals surface area contributed by atoms with Crippen LogP contribution in [-0.4, -0.2) is 33.8 Å². The maximum atomic E-state index is 12.4. The van der Waals surface area contributed by atoms with Crippen LogP contribution in [0.5, 0.6) is 0 Å². The third-order valence-electron chi connectivity index (χ3n) is 3.90. The minimum absolute atomic E-state index is 0.0831. The Morgan fingerprint density at radius 1 is 1.41 bits per heavy atom. The predicted molar refractivity (Wildman–Crippen MR) is 84.5 cm³/mol. The summed E-state index contributed by atoms with van der Waals surface area (Å²) in [6.07, 6.45) is 3.54. The Kier molecular flexibility index (Phi) is 4.48. The Balaban J connectivity index is 1.72. The molecule has 3 heterocycles. The smallest absolute Gasteiger partial charge is 0.228 e. The van der Waals surface area contributed by atoms with Gasteiger partial charge < -0.3 is 10.6 Å². The molecule has 1 saturated heterocycles. The van der Waals surface area contributed by atoms with Crippen molar-refractivity contribution in [2.24, 2.45) is 5.92 Å². The van der Waals surface area contributed by atoms with Gasteiger partial charge in [-0.15, -0.1) is 0 Å². The fourth-order valence-electron chi connectivity index (χ4n) is 2.72. The van der Waals surface area contributed by atoms with Crippen LogP contribution in [0, 0.1) is 12.8 Å². The minimum Gasteiger partial charge on any atom is -0.317 e. The van der Waals surface area contributed by atoms with E-state index in [1.165, 1.54) is 0 Å². The fraction of sp³-hybridized carbons (Fsp3) is 0.438. The molecule has 2 N–H and O–H groups in total. The van der Waals surface area contributed by atoms with Crippen LogP contribution in [0.4, 0.5) is 5.82 Å². The number of piperidine rings is 1. The number of carbonyl (C=O) groups excluding carboxylic acids is 1. The summed E-state index contributed by atoms with van der Waals surface area (Å²) in [4.78, 5) is 16.7. The highest BCUT2D eigenvalue weighted by molar-refractivity contribution is 5.91. The zero-order valence-corrected chi connectivity index (χ0v) is 12.7. The summed E-state index contributed by atoms with van der Waals surface area (Å²) in [7, 11) is 0. The number of hydrogen-bond acceptors (Lipinski definition) is 4. The first kappa shape index (κ1) is 14.7. The molecule has 0 spiro atoms. The van der Waals surface area contributed by atoms with Crippen LogP contribution in [0.2, 0.25) is 0 Å². The summed E-state index contributed by atoms with van der Waals surface area (Å²) in [6.45, 7) is 4.29. The van der Waals surface area contributed by atoms with E-state index in [2.05, 4.69) is 20.7 Å². The molecule has 1 amide bonds. The summed E-state index contributed by atoms with van der Waals surface area (Å²) in [6, 6.07) is 7.70. The monoisotopic (exact) mass is 299 g/mol. The average molecular weight is 299 g/mol. The third kappa shape index (κ3) is 3.51. The zero-order valence-electron chi connectivity index (χ0n) is 12.7. The second-order valence-electron chi connectivity index (χ2n) is 5.66. The molecule has 0 unspecified atom stereocenters. The number of pyridine rings is 1. The highest BCUT2D eigenvalue weighted by Gasteiger charge is 2.22. The molecule has 22 heavy (non-hydrogen) atoms. The number of anilines is 1. The second-order valence-corrected chi connectivity index (χ2v) is 5.66. The van der Waals surface area contributed by atoms with E-state index in [-0.39, 0.29) is 11.8 Å². The van der Waals surface area contributed by atoms with E-state index in [1.807, 2.05) is 31.2 Å². The lowest BCUT2D eigenvalue weighted by Gasteiger charge is -2.21. The third-order valence-corrected chi connectivity index (χ3v) is 3.90. The highest BCUT2D eigenvalue weighted by atomic mass is 16.2. The molecule has 6 heteroatoms. The molecular formula is C16H21N5O. The van der Waals surface area contributed by atoms with Crippen molar-refractivity contribution in [3.05, 3.63) is 41.9 Å². The number of nitrogens with zero attached hydrogens (tertiary/aromatic N) is 3. The molecule has 1 aliphatic rings. The molecule has 1 aliphatic heterocycles. The molecule has 6 nitrogen and oxygen atoms in total. The lowest BCUT2D eigenvalue weighted by Crippen LogP contribution is -2.35. The number of nitrogens with one attached hydrogen (secondary N) is 2. The lowest BCUT2D eigenvalue weighted by atomic mass is 9.97. The average Bonchev–Trinajstić information content (AvgIpc) is 2.88. The van der Waals surface area contributed by atoms with Gasteiger partial charge in [0.25, 0.3) is 0 Å². The van der Waals surface area contributed by atoms with E-state index in [1.54, 1.807) is 10.9 Å². The maximum absolute atomic E-state index is 12.4. The maximum Gasteiger partial charge on any atom is 0.228 e. The van der Waals surface area contributed by atoms with Crippen LogP contribution in [-0.2, 0) is 11.3 Å². The Morgan fingerprint density at radius 2 is 2.23 bits per heavy atom. The van der Waals surface area contributed by atoms with Gasteiger partial charge in [0.2, 0.25) is 5.91 Å². The number of carbonyl (C=O) groups is 1. The summed E-state index contributed by atoms with van der Waals surface area (Å²) < 4.78 is 1.80. The quantitative estimate of drug-likeness (QED) is 0.899. The van der Waals surface area contributed by atoms with Gasteiger partial charge in [-0.05, 0) is 45.0 Å². The Morgan fingerprint density at radius 3 is 2.95 bits per heavy atom. The lowest BCUT2D eigenvalue weighted by molar-refractivity contribution is -0.120. The standard InChI is InChI=1S/C16H21N5O/c1-12-10-15(19-16(22)13-5-8-17-9-6-13)21(20-12)11-14-4-2-3-7-18-14/h2-4,7,10,13,17H,5-6,8-9,11H2,1H3,(H,19,22). The van der Waals surface area contributed by atoms with Crippen molar-refractivity contribution in [2.45, 2.75) is 26.3 Å². The molecule has 0 aliphatic carbocycles. The summed E-state index contributed by atoms with van der Waals surface area (Å²) in [5.74, 6) is 0.912. The Bertz CT molecular complexity index is 631. The van der Waals surface area contributed by atoms with E-state index in [0.717, 1.165) is 43.1 Å². The molecule has 0 aromatic carbocycles. The molecule has 0 bridgehead atoms. The van der Waals surface area contributed by atoms with Crippen molar-refractivity contribution in [1.82, 2.24) is 20.1 Å². The summed E-state index contributed by atoms with van der Waals surface area (Å²) in [5, 5.41) is 10.8. The Hall–Kier alpha value is -2.21. The normalized spacial score (nSPS) is 15.7. The molecule has 2 aromatic rings. The van der Waals surface area contributed by atoms with Gasteiger partial charge in [0.1, 0.15) is 5.82 Å². The van der Waals surface area contributed by atoms with Gasteiger partial charge in [-0.3, -0.25) is 9.78 Å². The van der Waals surface area contributed by atoms with Crippen molar-refractivity contribution < 1.29 is 4.79 Å². The molecule has 0 atom stereocenters. The second kappa shape index (κ2) is 6.70. The first-order chi connectivity index (χ1) is 10.7. The van der Waals surface area contributed by atoms with Crippen molar-refractivity contribution in [1.29, 1.82) is 0 Å². The number of rotatable bonds is 4. The largest absolute Gasteiger partial charge is 0.317 e. The van der Waals surface area contributed by atoms with Crippen molar-refractivity contribution in [3.63, 3.8) is 0 Å². The first-order valence-electron chi connectivity index (χ1n) is 7.68. The van der Waals surface area contributed by atoms with Gasteiger partial charge in [0.15, 0.2) is 0 Å². The molecular weight excluding hydrogens is 278 g/mol. The predicted octanol–water partition coefficient (Wildman–Crippen LogP) is 1.57. The summed E-state index contributed by atoms with van der Waals surface area (Å²) in [5.41, 5.74) is 1.81. The Labute approximate surface area is 129 Å². The number of aromatic nitrogens is 3. The van der Waals surface area contributed by atoms with Crippen molar-refractivity contribution in [2.75, 3.05) is 18.4 Å². The van der Waals surface area contributed by atoms with Gasteiger partial charge in [-0.25, -0.2) is 4.68 Å². The summed E-state index contributed by atoms with van der Waals surface area (Å²) >= 11 is 0.